The molecule has 1 fully saturated rings. The van der Waals surface area contributed by atoms with Gasteiger partial charge in [0.15, 0.2) is 0 Å². The van der Waals surface area contributed by atoms with Crippen LogP contribution in [-0.2, 0) is 9.59 Å². The van der Waals surface area contributed by atoms with E-state index >= 15 is 0 Å². The number of nitrogens with zero attached hydrogens (tertiary/aromatic N) is 1. The summed E-state index contributed by atoms with van der Waals surface area (Å²) in [5.41, 5.74) is 1.06. The third kappa shape index (κ3) is 6.54. The minimum Gasteiger partial charge on any atom is -0.481 e. The minimum atomic E-state index is -0.957. The van der Waals surface area contributed by atoms with E-state index in [-0.39, 0.29) is 24.8 Å². The van der Waals surface area contributed by atoms with Gasteiger partial charge in [0.2, 0.25) is 5.91 Å². The summed E-state index contributed by atoms with van der Waals surface area (Å²) >= 11 is 0. The van der Waals surface area contributed by atoms with Gasteiger partial charge in [-0.1, -0.05) is 6.92 Å². The number of rotatable bonds is 7. The van der Waals surface area contributed by atoms with Crippen LogP contribution < -0.4 is 10.6 Å². The van der Waals surface area contributed by atoms with Crippen LogP contribution in [0.25, 0.3) is 0 Å². The second-order valence-electron chi connectivity index (χ2n) is 6.48. The highest BCUT2D eigenvalue weighted by Gasteiger charge is 2.18. The zero-order chi connectivity index (χ0) is 18.2. The van der Waals surface area contributed by atoms with Crippen molar-refractivity contribution in [2.24, 2.45) is 5.92 Å². The van der Waals surface area contributed by atoms with Crippen LogP contribution in [0.1, 0.15) is 36.5 Å². The van der Waals surface area contributed by atoms with Crippen LogP contribution in [0.2, 0.25) is 0 Å². The summed E-state index contributed by atoms with van der Waals surface area (Å²) in [7, 11) is 0. The van der Waals surface area contributed by atoms with Gasteiger partial charge in [0.05, 0.1) is 13.0 Å². The maximum Gasteiger partial charge on any atom is 0.305 e. The van der Waals surface area contributed by atoms with Gasteiger partial charge >= 0.3 is 5.97 Å². The molecule has 0 atom stereocenters. The number of likely N-dealkylation sites (tertiary alicyclic amines) is 1. The van der Waals surface area contributed by atoms with E-state index in [1.165, 1.54) is 0 Å². The fraction of sp³-hybridized carbons (Fsp3) is 0.500. The number of hydrogen-bond donors (Lipinski definition) is 3. The Bertz CT molecular complexity index is 607. The van der Waals surface area contributed by atoms with Gasteiger partial charge in [0.1, 0.15) is 0 Å². The number of hydrogen-bond acceptors (Lipinski definition) is 4. The number of carbonyl (C=O) groups excluding carboxylic acids is 2. The summed E-state index contributed by atoms with van der Waals surface area (Å²) in [5.74, 6) is -0.621. The molecule has 0 radical (unpaired) electrons. The van der Waals surface area contributed by atoms with E-state index in [0.717, 1.165) is 31.8 Å². The van der Waals surface area contributed by atoms with Gasteiger partial charge in [0.25, 0.3) is 5.91 Å². The van der Waals surface area contributed by atoms with E-state index in [0.29, 0.717) is 17.8 Å². The van der Waals surface area contributed by atoms with E-state index in [9.17, 15) is 14.4 Å². The van der Waals surface area contributed by atoms with Gasteiger partial charge < -0.3 is 15.7 Å². The second kappa shape index (κ2) is 9.17. The molecule has 1 heterocycles. The first-order valence-electron chi connectivity index (χ1n) is 8.56. The zero-order valence-electron chi connectivity index (χ0n) is 14.5. The van der Waals surface area contributed by atoms with E-state index in [1.807, 2.05) is 0 Å². The normalized spacial score (nSPS) is 15.6. The molecule has 1 aromatic rings. The maximum absolute atomic E-state index is 12.1. The Morgan fingerprint density at radius 2 is 1.80 bits per heavy atom. The number of piperidine rings is 1. The molecule has 2 amide bonds. The standard InChI is InChI=1S/C18H25N3O4/c1-13-7-10-21(11-8-13)12-16(22)20-15-4-2-14(3-5-15)18(25)19-9-6-17(23)24/h2-5,13H,6-12H2,1H3,(H,19,25)(H,20,22)(H,23,24). The van der Waals surface area contributed by atoms with Crippen molar-refractivity contribution >= 4 is 23.5 Å². The monoisotopic (exact) mass is 347 g/mol. The molecular weight excluding hydrogens is 322 g/mol. The molecule has 7 heteroatoms. The lowest BCUT2D eigenvalue weighted by molar-refractivity contribution is -0.136. The maximum atomic E-state index is 12.1. The molecule has 0 bridgehead atoms. The average Bonchev–Trinajstić information content (AvgIpc) is 2.57. The molecule has 1 saturated heterocycles. The Hall–Kier alpha value is -2.41. The van der Waals surface area contributed by atoms with Crippen LogP contribution in [-0.4, -0.2) is 54.0 Å². The predicted molar refractivity (Wildman–Crippen MR) is 94.5 cm³/mol. The third-order valence-electron chi connectivity index (χ3n) is 4.30. The summed E-state index contributed by atoms with van der Waals surface area (Å²) < 4.78 is 0. The highest BCUT2D eigenvalue weighted by Crippen LogP contribution is 2.16. The van der Waals surface area contributed by atoms with Crippen molar-refractivity contribution in [3.8, 4) is 0 Å². The molecule has 0 aromatic heterocycles. The Morgan fingerprint density at radius 1 is 1.16 bits per heavy atom. The molecular formula is C18H25N3O4. The third-order valence-corrected chi connectivity index (χ3v) is 4.30. The van der Waals surface area contributed by atoms with Crippen molar-refractivity contribution in [3.05, 3.63) is 29.8 Å². The number of carboxylic acids is 1. The smallest absolute Gasteiger partial charge is 0.305 e. The molecule has 136 valence electrons. The van der Waals surface area contributed by atoms with Crippen LogP contribution in [0.5, 0.6) is 0 Å². The lowest BCUT2D eigenvalue weighted by Gasteiger charge is -2.29. The van der Waals surface area contributed by atoms with Crippen LogP contribution in [0, 0.1) is 5.92 Å². The van der Waals surface area contributed by atoms with Crippen molar-refractivity contribution in [2.45, 2.75) is 26.2 Å². The Morgan fingerprint density at radius 3 is 2.40 bits per heavy atom. The molecule has 3 N–H and O–H groups in total. The molecule has 2 rings (SSSR count). The molecule has 0 aliphatic carbocycles. The molecule has 0 saturated carbocycles. The molecule has 1 aliphatic heterocycles. The quantitative estimate of drug-likeness (QED) is 0.695. The number of amides is 2. The Balaban J connectivity index is 1.78. The van der Waals surface area contributed by atoms with E-state index in [2.05, 4.69) is 22.5 Å². The van der Waals surface area contributed by atoms with Crippen molar-refractivity contribution in [2.75, 3.05) is 31.5 Å². The molecule has 7 nitrogen and oxygen atoms in total. The minimum absolute atomic E-state index is 0.0618. The van der Waals surface area contributed by atoms with Gasteiger partial charge in [-0.3, -0.25) is 19.3 Å². The van der Waals surface area contributed by atoms with E-state index in [4.69, 9.17) is 5.11 Å². The highest BCUT2D eigenvalue weighted by atomic mass is 16.4. The summed E-state index contributed by atoms with van der Waals surface area (Å²) in [6, 6.07) is 6.55. The van der Waals surface area contributed by atoms with Crippen LogP contribution >= 0.6 is 0 Å². The fourth-order valence-corrected chi connectivity index (χ4v) is 2.71. The van der Waals surface area contributed by atoms with Crippen LogP contribution in [0.15, 0.2) is 24.3 Å². The first kappa shape index (κ1) is 18.9. The lowest BCUT2D eigenvalue weighted by Crippen LogP contribution is -2.38. The first-order chi connectivity index (χ1) is 11.9. The molecule has 1 aromatic carbocycles. The van der Waals surface area contributed by atoms with Gasteiger partial charge in [0, 0.05) is 17.8 Å². The number of carboxylic acid groups (broad SMARTS) is 1. The number of nitrogens with one attached hydrogen (secondary N) is 2. The van der Waals surface area contributed by atoms with E-state index < -0.39 is 5.97 Å². The predicted octanol–water partition coefficient (Wildman–Crippen LogP) is 1.56. The van der Waals surface area contributed by atoms with Crippen molar-refractivity contribution in [1.29, 1.82) is 0 Å². The molecule has 25 heavy (non-hydrogen) atoms. The number of aliphatic carboxylic acids is 1. The first-order valence-corrected chi connectivity index (χ1v) is 8.56. The number of carbonyl (C=O) groups is 3. The highest BCUT2D eigenvalue weighted by molar-refractivity contribution is 5.96. The van der Waals surface area contributed by atoms with E-state index in [1.54, 1.807) is 24.3 Å². The van der Waals surface area contributed by atoms with Gasteiger partial charge in [-0.2, -0.15) is 0 Å². The summed E-state index contributed by atoms with van der Waals surface area (Å²) in [5, 5.41) is 13.9. The van der Waals surface area contributed by atoms with Gasteiger partial charge in [-0.15, -0.1) is 0 Å². The summed E-state index contributed by atoms with van der Waals surface area (Å²) in [6.07, 6.45) is 2.13. The van der Waals surface area contributed by atoms with Gasteiger partial charge in [-0.05, 0) is 56.1 Å². The number of benzene rings is 1. The Kier molecular flexibility index (Phi) is 6.94. The Labute approximate surface area is 147 Å². The van der Waals surface area contributed by atoms with Crippen LogP contribution in [0.4, 0.5) is 5.69 Å². The lowest BCUT2D eigenvalue weighted by atomic mass is 9.99. The van der Waals surface area contributed by atoms with Gasteiger partial charge in [-0.25, -0.2) is 0 Å². The largest absolute Gasteiger partial charge is 0.481 e. The zero-order valence-corrected chi connectivity index (χ0v) is 14.5. The van der Waals surface area contributed by atoms with Crippen molar-refractivity contribution in [3.63, 3.8) is 0 Å². The number of anilines is 1. The topological polar surface area (TPSA) is 98.7 Å². The molecule has 0 unspecified atom stereocenters. The molecule has 0 spiro atoms. The SMILES string of the molecule is CC1CCN(CC(=O)Nc2ccc(C(=O)NCCC(=O)O)cc2)CC1. The summed E-state index contributed by atoms with van der Waals surface area (Å²) in [6.45, 7) is 4.59. The van der Waals surface area contributed by atoms with Crippen molar-refractivity contribution < 1.29 is 19.5 Å². The second-order valence-corrected chi connectivity index (χ2v) is 6.48. The van der Waals surface area contributed by atoms with Crippen LogP contribution in [0.3, 0.4) is 0 Å². The van der Waals surface area contributed by atoms with Crippen molar-refractivity contribution in [1.82, 2.24) is 10.2 Å². The average molecular weight is 347 g/mol. The summed E-state index contributed by atoms with van der Waals surface area (Å²) in [4.78, 5) is 36.5. The fourth-order valence-electron chi connectivity index (χ4n) is 2.71. The molecule has 1 aliphatic rings.